The maximum atomic E-state index is 12.7. The number of fused-ring (bicyclic) bond motifs is 1. The quantitative estimate of drug-likeness (QED) is 0.770. The van der Waals surface area contributed by atoms with Crippen LogP contribution in [0.4, 0.5) is 18.9 Å². The summed E-state index contributed by atoms with van der Waals surface area (Å²) < 4.78 is 37.6. The number of hydrogen-bond acceptors (Lipinski definition) is 3. The summed E-state index contributed by atoms with van der Waals surface area (Å²) in [5.74, 6) is -0.729. The average molecular weight is 356 g/mol. The zero-order valence-electron chi connectivity index (χ0n) is 13.5. The first-order chi connectivity index (χ1) is 11.2. The smallest absolute Gasteiger partial charge is 0.324 e. The topological polar surface area (TPSA) is 42.0 Å². The molecule has 2 aromatic rings. The van der Waals surface area contributed by atoms with Crippen molar-refractivity contribution in [3.05, 3.63) is 36.5 Å². The highest BCUT2D eigenvalue weighted by molar-refractivity contribution is 8.00. The second-order valence-electron chi connectivity index (χ2n) is 5.88. The molecule has 7 heteroatoms. The van der Waals surface area contributed by atoms with Crippen molar-refractivity contribution in [3.63, 3.8) is 0 Å². The molecular weight excluding hydrogens is 337 g/mol. The molecule has 0 spiro atoms. The Bertz CT molecular complexity index is 715. The molecule has 1 aromatic carbocycles. The van der Waals surface area contributed by atoms with Crippen LogP contribution in [0, 0.1) is 5.41 Å². The van der Waals surface area contributed by atoms with Gasteiger partial charge in [-0.15, -0.1) is 0 Å². The van der Waals surface area contributed by atoms with Crippen LogP contribution in [-0.2, 0) is 4.79 Å². The van der Waals surface area contributed by atoms with Gasteiger partial charge in [-0.05, 0) is 37.2 Å². The van der Waals surface area contributed by atoms with E-state index in [0.29, 0.717) is 24.0 Å². The fourth-order valence-electron chi connectivity index (χ4n) is 2.52. The zero-order chi connectivity index (χ0) is 17.8. The van der Waals surface area contributed by atoms with Crippen molar-refractivity contribution >= 4 is 34.3 Å². The van der Waals surface area contributed by atoms with Crippen molar-refractivity contribution in [2.75, 3.05) is 11.1 Å². The van der Waals surface area contributed by atoms with E-state index in [-0.39, 0.29) is 17.5 Å². The molecule has 0 aliphatic heterocycles. The summed E-state index contributed by atoms with van der Waals surface area (Å²) >= 11 is -0.153. The number of benzene rings is 1. The van der Waals surface area contributed by atoms with Crippen molar-refractivity contribution in [2.24, 2.45) is 5.41 Å². The second-order valence-corrected chi connectivity index (χ2v) is 6.92. The number of carbonyl (C=O) groups excluding carboxylic acids is 1. The summed E-state index contributed by atoms with van der Waals surface area (Å²) in [6.45, 7) is 3.42. The van der Waals surface area contributed by atoms with E-state index >= 15 is 0 Å². The number of alkyl halides is 3. The number of nitrogens with zero attached hydrogens (tertiary/aromatic N) is 1. The zero-order valence-corrected chi connectivity index (χ0v) is 14.3. The average Bonchev–Trinajstić information content (AvgIpc) is 2.53. The molecule has 1 aromatic heterocycles. The number of nitrogens with one attached hydrogen (secondary N) is 1. The Hall–Kier alpha value is -1.76. The van der Waals surface area contributed by atoms with Crippen LogP contribution in [-0.4, -0.2) is 22.2 Å². The molecular formula is C17H19F3N2OS. The van der Waals surface area contributed by atoms with Crippen molar-refractivity contribution < 1.29 is 18.0 Å². The predicted octanol–water partition coefficient (Wildman–Crippen LogP) is 5.23. The van der Waals surface area contributed by atoms with E-state index in [1.165, 1.54) is 0 Å². The Kier molecular flexibility index (Phi) is 5.74. The SMILES string of the molecule is CCCC(C)(CSC(F)(F)F)C(=O)Nc1cccc2cccnc12. The molecule has 1 atom stereocenters. The Morgan fingerprint density at radius 2 is 1.96 bits per heavy atom. The molecule has 0 bridgehead atoms. The number of anilines is 1. The third-order valence-electron chi connectivity index (χ3n) is 3.79. The van der Waals surface area contributed by atoms with Gasteiger partial charge in [-0.1, -0.05) is 31.5 Å². The van der Waals surface area contributed by atoms with Crippen LogP contribution in [0.1, 0.15) is 26.7 Å². The highest BCUT2D eigenvalue weighted by atomic mass is 32.2. The molecule has 1 N–H and O–H groups in total. The van der Waals surface area contributed by atoms with Gasteiger partial charge in [0.25, 0.3) is 0 Å². The highest BCUT2D eigenvalue weighted by Gasteiger charge is 2.38. The molecule has 0 aliphatic carbocycles. The maximum Gasteiger partial charge on any atom is 0.441 e. The van der Waals surface area contributed by atoms with Crippen molar-refractivity contribution in [1.82, 2.24) is 4.98 Å². The van der Waals surface area contributed by atoms with E-state index in [9.17, 15) is 18.0 Å². The number of rotatable bonds is 6. The van der Waals surface area contributed by atoms with Crippen LogP contribution in [0.25, 0.3) is 10.9 Å². The summed E-state index contributed by atoms with van der Waals surface area (Å²) in [6.07, 6.45) is 2.61. The van der Waals surface area contributed by atoms with E-state index in [0.717, 1.165) is 5.39 Å². The molecule has 3 nitrogen and oxygen atoms in total. The summed E-state index contributed by atoms with van der Waals surface area (Å²) in [5, 5.41) is 3.62. The van der Waals surface area contributed by atoms with Crippen molar-refractivity contribution in [1.29, 1.82) is 0 Å². The lowest BCUT2D eigenvalue weighted by Gasteiger charge is -2.28. The van der Waals surface area contributed by atoms with Gasteiger partial charge in [-0.3, -0.25) is 9.78 Å². The molecule has 0 fully saturated rings. The molecule has 130 valence electrons. The van der Waals surface area contributed by atoms with E-state index < -0.39 is 16.8 Å². The Morgan fingerprint density at radius 1 is 1.25 bits per heavy atom. The Balaban J connectivity index is 2.23. The van der Waals surface area contributed by atoms with Gasteiger partial charge in [0.1, 0.15) is 0 Å². The predicted molar refractivity (Wildman–Crippen MR) is 91.9 cm³/mol. The van der Waals surface area contributed by atoms with Crippen LogP contribution in [0.2, 0.25) is 0 Å². The minimum absolute atomic E-state index is 0.153. The van der Waals surface area contributed by atoms with E-state index in [1.807, 2.05) is 19.1 Å². The molecule has 0 saturated heterocycles. The van der Waals surface area contributed by atoms with Gasteiger partial charge in [0.2, 0.25) is 5.91 Å². The minimum atomic E-state index is -4.35. The standard InChI is InChI=1S/C17H19F3N2OS/c1-3-9-16(2,11-24-17(18,19)20)15(23)22-13-8-4-6-12-7-5-10-21-14(12)13/h4-8,10H,3,9,11H2,1-2H3,(H,22,23). The first-order valence-corrected chi connectivity index (χ1v) is 8.59. The lowest BCUT2D eigenvalue weighted by atomic mass is 9.86. The molecule has 1 amide bonds. The number of amides is 1. The van der Waals surface area contributed by atoms with Gasteiger partial charge in [-0.2, -0.15) is 13.2 Å². The minimum Gasteiger partial charge on any atom is -0.324 e. The number of hydrogen-bond donors (Lipinski definition) is 1. The van der Waals surface area contributed by atoms with Gasteiger partial charge in [-0.25, -0.2) is 0 Å². The van der Waals surface area contributed by atoms with Gasteiger partial charge < -0.3 is 5.32 Å². The molecule has 1 unspecified atom stereocenters. The number of halogens is 3. The van der Waals surface area contributed by atoms with Gasteiger partial charge in [0.05, 0.1) is 16.6 Å². The molecule has 2 rings (SSSR count). The number of thioether (sulfide) groups is 1. The van der Waals surface area contributed by atoms with Crippen LogP contribution in [0.5, 0.6) is 0 Å². The summed E-state index contributed by atoms with van der Waals surface area (Å²) in [4.78, 5) is 16.9. The van der Waals surface area contributed by atoms with Crippen molar-refractivity contribution in [3.8, 4) is 0 Å². The fraction of sp³-hybridized carbons (Fsp3) is 0.412. The third-order valence-corrected chi connectivity index (χ3v) is 4.89. The molecule has 0 saturated carbocycles. The molecule has 0 radical (unpaired) electrons. The number of para-hydroxylation sites is 1. The lowest BCUT2D eigenvalue weighted by Crippen LogP contribution is -2.36. The number of aromatic nitrogens is 1. The highest BCUT2D eigenvalue weighted by Crippen LogP contribution is 2.38. The fourth-order valence-corrected chi connectivity index (χ4v) is 3.28. The maximum absolute atomic E-state index is 12.7. The second kappa shape index (κ2) is 7.42. The van der Waals surface area contributed by atoms with Crippen LogP contribution >= 0.6 is 11.8 Å². The molecule has 0 aliphatic rings. The monoisotopic (exact) mass is 356 g/mol. The first-order valence-electron chi connectivity index (χ1n) is 7.61. The van der Waals surface area contributed by atoms with Gasteiger partial charge in [0, 0.05) is 17.3 Å². The largest absolute Gasteiger partial charge is 0.441 e. The Morgan fingerprint density at radius 3 is 2.62 bits per heavy atom. The molecule has 24 heavy (non-hydrogen) atoms. The van der Waals surface area contributed by atoms with Crippen LogP contribution in [0.3, 0.4) is 0 Å². The number of pyridine rings is 1. The van der Waals surface area contributed by atoms with Crippen molar-refractivity contribution in [2.45, 2.75) is 32.2 Å². The summed E-state index contributed by atoms with van der Waals surface area (Å²) in [6, 6.07) is 9.00. The van der Waals surface area contributed by atoms with Gasteiger partial charge >= 0.3 is 5.51 Å². The van der Waals surface area contributed by atoms with E-state index in [4.69, 9.17) is 0 Å². The summed E-state index contributed by atoms with van der Waals surface area (Å²) in [7, 11) is 0. The van der Waals surface area contributed by atoms with E-state index in [2.05, 4.69) is 10.3 Å². The third kappa shape index (κ3) is 4.63. The Labute approximate surface area is 143 Å². The van der Waals surface area contributed by atoms with Crippen LogP contribution in [0.15, 0.2) is 36.5 Å². The van der Waals surface area contributed by atoms with Crippen LogP contribution < -0.4 is 5.32 Å². The summed E-state index contributed by atoms with van der Waals surface area (Å²) in [5.41, 5.74) is -4.32. The molecule has 1 heterocycles. The normalized spacial score (nSPS) is 14.4. The first kappa shape index (κ1) is 18.6. The van der Waals surface area contributed by atoms with Gasteiger partial charge in [0.15, 0.2) is 0 Å². The van der Waals surface area contributed by atoms with E-state index in [1.54, 1.807) is 31.3 Å². The number of carbonyl (C=O) groups is 1. The lowest BCUT2D eigenvalue weighted by molar-refractivity contribution is -0.124.